The molecule has 2 aliphatic heterocycles. The van der Waals surface area contributed by atoms with Crippen molar-refractivity contribution in [3.63, 3.8) is 0 Å². The maximum absolute atomic E-state index is 13.1. The van der Waals surface area contributed by atoms with Gasteiger partial charge in [-0.05, 0) is 42.8 Å². The van der Waals surface area contributed by atoms with E-state index in [1.807, 2.05) is 0 Å². The van der Waals surface area contributed by atoms with Gasteiger partial charge in [0, 0.05) is 6.42 Å². The fourth-order valence-electron chi connectivity index (χ4n) is 5.19. The molecule has 0 fully saturated rings. The summed E-state index contributed by atoms with van der Waals surface area (Å²) in [5.74, 6) is -6.27. The van der Waals surface area contributed by atoms with Crippen LogP contribution in [0, 0.1) is 0 Å². The number of rotatable bonds is 15. The number of unbranched alkanes of at least 4 members (excludes halogenated alkanes) is 6. The van der Waals surface area contributed by atoms with Crippen LogP contribution >= 0.6 is 0 Å². The molecule has 2 aliphatic rings. The molecule has 0 unspecified atom stereocenters. The number of ether oxygens (including phenoxy) is 1. The number of imide groups is 2. The lowest BCUT2D eigenvalue weighted by Crippen LogP contribution is -2.46. The van der Waals surface area contributed by atoms with Crippen molar-refractivity contribution in [3.8, 4) is 0 Å². The summed E-state index contributed by atoms with van der Waals surface area (Å²) in [7, 11) is 0. The van der Waals surface area contributed by atoms with Crippen molar-refractivity contribution in [1.82, 2.24) is 9.80 Å². The van der Waals surface area contributed by atoms with Gasteiger partial charge in [-0.1, -0.05) is 45.4 Å². The number of carbonyl (C=O) groups is 7. The van der Waals surface area contributed by atoms with Crippen LogP contribution in [0.1, 0.15) is 120 Å². The first-order valence-electron chi connectivity index (χ1n) is 14.2. The number of amides is 4. The Morgan fingerprint density at radius 3 is 1.51 bits per heavy atom. The number of carbonyl (C=O) groups excluding carboxylic acids is 5. The lowest BCUT2D eigenvalue weighted by atomic mass is 10.1. The van der Waals surface area contributed by atoms with E-state index in [1.54, 1.807) is 0 Å². The summed E-state index contributed by atoms with van der Waals surface area (Å²) in [6.07, 6.45) is 5.51. The number of carboxylic acids is 2. The number of esters is 1. The van der Waals surface area contributed by atoms with Crippen LogP contribution in [0.5, 0.6) is 0 Å². The second-order valence-corrected chi connectivity index (χ2v) is 10.6. The first-order chi connectivity index (χ1) is 20.5. The van der Waals surface area contributed by atoms with Gasteiger partial charge in [-0.3, -0.25) is 33.8 Å². The van der Waals surface area contributed by atoms with Gasteiger partial charge < -0.3 is 14.9 Å². The van der Waals surface area contributed by atoms with Gasteiger partial charge in [-0.2, -0.15) is 0 Å². The maximum atomic E-state index is 13.1. The maximum Gasteiger partial charge on any atom is 0.335 e. The zero-order valence-corrected chi connectivity index (χ0v) is 23.7. The Balaban J connectivity index is 1.51. The van der Waals surface area contributed by atoms with Crippen molar-refractivity contribution in [1.29, 1.82) is 0 Å². The molecule has 12 heteroatoms. The fraction of sp³-hybridized carbons (Fsp3) is 0.387. The van der Waals surface area contributed by atoms with E-state index in [0.717, 1.165) is 60.5 Å². The van der Waals surface area contributed by atoms with Crippen molar-refractivity contribution in [2.75, 3.05) is 13.1 Å². The molecule has 0 saturated heterocycles. The fourth-order valence-corrected chi connectivity index (χ4v) is 5.19. The number of hydrogen-bond donors (Lipinski definition) is 2. The van der Waals surface area contributed by atoms with E-state index in [1.165, 1.54) is 24.3 Å². The molecule has 0 radical (unpaired) electrons. The van der Waals surface area contributed by atoms with Crippen LogP contribution in [0.3, 0.4) is 0 Å². The number of aromatic carboxylic acids is 2. The van der Waals surface area contributed by atoms with Crippen molar-refractivity contribution < 1.29 is 48.5 Å². The molecule has 4 rings (SSSR count). The molecule has 2 N–H and O–H groups in total. The largest absolute Gasteiger partial charge is 0.478 e. The van der Waals surface area contributed by atoms with E-state index in [-0.39, 0.29) is 39.8 Å². The molecule has 2 heterocycles. The molecule has 43 heavy (non-hydrogen) atoms. The van der Waals surface area contributed by atoms with Crippen LogP contribution in [0.25, 0.3) is 0 Å². The third kappa shape index (κ3) is 6.79. The number of carboxylic acid groups (broad SMARTS) is 2. The minimum absolute atomic E-state index is 0.0231. The molecule has 2 aromatic rings. The van der Waals surface area contributed by atoms with Gasteiger partial charge in [0.2, 0.25) is 0 Å². The Kier molecular flexibility index (Phi) is 9.69. The zero-order valence-electron chi connectivity index (χ0n) is 23.7. The van der Waals surface area contributed by atoms with Crippen LogP contribution in [0.2, 0.25) is 0 Å². The molecule has 0 bridgehead atoms. The third-order valence-electron chi connectivity index (χ3n) is 7.49. The highest BCUT2D eigenvalue weighted by Gasteiger charge is 2.42. The molecule has 12 nitrogen and oxygen atoms in total. The van der Waals surface area contributed by atoms with Gasteiger partial charge in [0.15, 0.2) is 0 Å². The van der Waals surface area contributed by atoms with Crippen LogP contribution in [0.15, 0.2) is 36.4 Å². The van der Waals surface area contributed by atoms with Gasteiger partial charge in [-0.25, -0.2) is 9.59 Å². The molecule has 2 aromatic carbocycles. The number of hydrogen-bond acceptors (Lipinski definition) is 8. The molecule has 0 spiro atoms. The average molecular weight is 593 g/mol. The zero-order chi connectivity index (χ0) is 31.3. The van der Waals surface area contributed by atoms with E-state index in [0.29, 0.717) is 6.42 Å². The number of benzene rings is 2. The lowest BCUT2D eigenvalue weighted by Gasteiger charge is -2.26. The predicted octanol–water partition coefficient (Wildman–Crippen LogP) is 4.03. The second kappa shape index (κ2) is 13.4. The lowest BCUT2D eigenvalue weighted by molar-refractivity contribution is -0.150. The molecule has 4 amide bonds. The van der Waals surface area contributed by atoms with E-state index in [4.69, 9.17) is 4.74 Å². The molecule has 226 valence electrons. The Morgan fingerprint density at radius 2 is 1.07 bits per heavy atom. The predicted molar refractivity (Wildman–Crippen MR) is 150 cm³/mol. The highest BCUT2D eigenvalue weighted by atomic mass is 16.5. The van der Waals surface area contributed by atoms with Gasteiger partial charge in [-0.15, -0.1) is 0 Å². The summed E-state index contributed by atoms with van der Waals surface area (Å²) >= 11 is 0. The molecule has 0 aromatic heterocycles. The molecule has 0 saturated carbocycles. The van der Waals surface area contributed by atoms with Gasteiger partial charge in [0.05, 0.1) is 46.5 Å². The normalized spacial score (nSPS) is 14.0. The van der Waals surface area contributed by atoms with Crippen LogP contribution in [-0.4, -0.2) is 80.7 Å². The summed E-state index contributed by atoms with van der Waals surface area (Å²) in [5, 5.41) is 18.6. The second-order valence-electron chi connectivity index (χ2n) is 10.6. The number of fused-ring (bicyclic) bond motifs is 2. The monoisotopic (exact) mass is 592 g/mol. The standard InChI is InChI=1S/C31H32N2O10/c1-2-3-4-5-6-7-8-9-25(34)43-20(16-32-26(35)21-12-10-18(30(39)40)14-23(21)28(32)37)17-33-27(36)22-13-11-19(31(41)42)15-24(22)29(33)38/h10-15,20H,2-9,16-17H2,1H3,(H,39,40)(H,41,42). The third-order valence-corrected chi connectivity index (χ3v) is 7.49. The summed E-state index contributed by atoms with van der Waals surface area (Å²) in [5.41, 5.74) is -0.674. The summed E-state index contributed by atoms with van der Waals surface area (Å²) < 4.78 is 5.62. The van der Waals surface area contributed by atoms with E-state index < -0.39 is 60.7 Å². The van der Waals surface area contributed by atoms with Crippen molar-refractivity contribution in [2.24, 2.45) is 0 Å². The van der Waals surface area contributed by atoms with Crippen LogP contribution < -0.4 is 0 Å². The first kappa shape index (κ1) is 31.1. The summed E-state index contributed by atoms with van der Waals surface area (Å²) in [6.45, 7) is 1.13. The molecular weight excluding hydrogens is 560 g/mol. The smallest absolute Gasteiger partial charge is 0.335 e. The van der Waals surface area contributed by atoms with Crippen molar-refractivity contribution in [3.05, 3.63) is 69.8 Å². The quantitative estimate of drug-likeness (QED) is 0.174. The number of nitrogens with zero attached hydrogens (tertiary/aromatic N) is 2. The SMILES string of the molecule is CCCCCCCCCC(=O)OC(CN1C(=O)c2ccc(C(=O)O)cc2C1=O)CN1C(=O)c2ccc(C(=O)O)cc2C1=O. The first-order valence-corrected chi connectivity index (χ1v) is 14.2. The highest BCUT2D eigenvalue weighted by Crippen LogP contribution is 2.27. The minimum atomic E-state index is -1.29. The summed E-state index contributed by atoms with van der Waals surface area (Å²) in [6, 6.07) is 7.02. The van der Waals surface area contributed by atoms with Crippen LogP contribution in [0.4, 0.5) is 0 Å². The van der Waals surface area contributed by atoms with E-state index in [9.17, 15) is 43.8 Å². The summed E-state index contributed by atoms with van der Waals surface area (Å²) in [4.78, 5) is 89.6. The Hall–Kier alpha value is -4.87. The van der Waals surface area contributed by atoms with Crippen molar-refractivity contribution in [2.45, 2.75) is 64.4 Å². The van der Waals surface area contributed by atoms with Gasteiger partial charge in [0.25, 0.3) is 23.6 Å². The van der Waals surface area contributed by atoms with E-state index >= 15 is 0 Å². The Labute approximate surface area is 247 Å². The minimum Gasteiger partial charge on any atom is -0.478 e. The highest BCUT2D eigenvalue weighted by molar-refractivity contribution is 6.23. The van der Waals surface area contributed by atoms with E-state index in [2.05, 4.69) is 6.92 Å². The van der Waals surface area contributed by atoms with Crippen LogP contribution in [-0.2, 0) is 9.53 Å². The average Bonchev–Trinajstić information content (AvgIpc) is 3.36. The Morgan fingerprint density at radius 1 is 0.651 bits per heavy atom. The Bertz CT molecular complexity index is 1400. The van der Waals surface area contributed by atoms with Crippen molar-refractivity contribution >= 4 is 41.5 Å². The topological polar surface area (TPSA) is 176 Å². The van der Waals surface area contributed by atoms with Gasteiger partial charge >= 0.3 is 17.9 Å². The van der Waals surface area contributed by atoms with Gasteiger partial charge in [0.1, 0.15) is 6.10 Å². The molecule has 0 atom stereocenters. The molecule has 0 aliphatic carbocycles. The molecular formula is C31H32N2O10.